The number of Topliss-reactive ketones (excluding diaryl/α,β-unsaturated/α-hetero) is 1. The van der Waals surface area contributed by atoms with Gasteiger partial charge in [0.2, 0.25) is 0 Å². The smallest absolute Gasteiger partial charge is 0.155 e. The van der Waals surface area contributed by atoms with Crippen molar-refractivity contribution in [2.75, 3.05) is 13.2 Å². The number of ketones is 1. The fourth-order valence-corrected chi connectivity index (χ4v) is 1.48. The van der Waals surface area contributed by atoms with E-state index < -0.39 is 0 Å². The lowest BCUT2D eigenvalue weighted by atomic mass is 10.0. The maximum atomic E-state index is 10.7. The normalized spacial score (nSPS) is 12.4. The van der Waals surface area contributed by atoms with Crippen LogP contribution >= 0.6 is 0 Å². The summed E-state index contributed by atoms with van der Waals surface area (Å²) in [6.45, 7) is 4.56. The topological polar surface area (TPSA) is 26.3 Å². The van der Waals surface area contributed by atoms with Crippen LogP contribution in [0.15, 0.2) is 30.3 Å². The Kier molecular flexibility index (Phi) is 5.05. The highest BCUT2D eigenvalue weighted by Crippen LogP contribution is 2.08. The van der Waals surface area contributed by atoms with Gasteiger partial charge in [-0.15, -0.1) is 0 Å². The summed E-state index contributed by atoms with van der Waals surface area (Å²) in [7, 11) is 0. The van der Waals surface area contributed by atoms with E-state index in [0.717, 1.165) is 6.42 Å². The summed E-state index contributed by atoms with van der Waals surface area (Å²) < 4.78 is 5.28. The summed E-state index contributed by atoms with van der Waals surface area (Å²) in [4.78, 5) is 10.7. The molecule has 1 atom stereocenters. The van der Waals surface area contributed by atoms with Crippen molar-refractivity contribution < 1.29 is 9.53 Å². The average Bonchev–Trinajstić information content (AvgIpc) is 2.18. The molecule has 0 saturated carbocycles. The number of rotatable bonds is 6. The first-order valence-corrected chi connectivity index (χ1v) is 5.29. The Balaban J connectivity index is 2.24. The van der Waals surface area contributed by atoms with E-state index >= 15 is 0 Å². The van der Waals surface area contributed by atoms with Crippen molar-refractivity contribution in [1.82, 2.24) is 0 Å². The van der Waals surface area contributed by atoms with Crippen molar-refractivity contribution in [2.24, 2.45) is 5.92 Å². The van der Waals surface area contributed by atoms with Gasteiger partial charge in [-0.3, -0.25) is 4.79 Å². The first kappa shape index (κ1) is 11.9. The van der Waals surface area contributed by atoms with Crippen LogP contribution in [0.1, 0.15) is 19.4 Å². The van der Waals surface area contributed by atoms with Crippen LogP contribution < -0.4 is 0 Å². The zero-order chi connectivity index (χ0) is 11.1. The van der Waals surface area contributed by atoms with E-state index in [1.807, 2.05) is 18.2 Å². The highest BCUT2D eigenvalue weighted by molar-refractivity contribution is 5.76. The standard InChI is InChI=1S/C13H18O2/c1-11(9-15-10-12(2)14)8-13-6-4-3-5-7-13/h3-7,11H,8-10H2,1-2H3. The van der Waals surface area contributed by atoms with Gasteiger partial charge in [-0.25, -0.2) is 0 Å². The van der Waals surface area contributed by atoms with E-state index in [1.165, 1.54) is 5.56 Å². The molecule has 2 nitrogen and oxygen atoms in total. The molecular weight excluding hydrogens is 188 g/mol. The number of carbonyl (C=O) groups excluding carboxylic acids is 1. The minimum Gasteiger partial charge on any atom is -0.373 e. The first-order valence-electron chi connectivity index (χ1n) is 5.29. The second kappa shape index (κ2) is 6.36. The van der Waals surface area contributed by atoms with Crippen molar-refractivity contribution in [1.29, 1.82) is 0 Å². The van der Waals surface area contributed by atoms with E-state index in [4.69, 9.17) is 4.74 Å². The van der Waals surface area contributed by atoms with Crippen molar-refractivity contribution in [3.63, 3.8) is 0 Å². The molecule has 0 radical (unpaired) electrons. The first-order chi connectivity index (χ1) is 7.18. The Hall–Kier alpha value is -1.15. The summed E-state index contributed by atoms with van der Waals surface area (Å²) in [5, 5.41) is 0. The Morgan fingerprint density at radius 1 is 1.33 bits per heavy atom. The summed E-state index contributed by atoms with van der Waals surface area (Å²) in [5.41, 5.74) is 1.32. The molecule has 82 valence electrons. The Morgan fingerprint density at radius 2 is 2.00 bits per heavy atom. The third-order valence-corrected chi connectivity index (χ3v) is 2.13. The van der Waals surface area contributed by atoms with Crippen LogP contribution in [0.4, 0.5) is 0 Å². The molecule has 0 saturated heterocycles. The van der Waals surface area contributed by atoms with E-state index in [0.29, 0.717) is 12.5 Å². The number of carbonyl (C=O) groups is 1. The van der Waals surface area contributed by atoms with Crippen LogP contribution in [0.5, 0.6) is 0 Å². The Labute approximate surface area is 91.3 Å². The van der Waals surface area contributed by atoms with Crippen LogP contribution in [0.25, 0.3) is 0 Å². The highest BCUT2D eigenvalue weighted by Gasteiger charge is 2.04. The van der Waals surface area contributed by atoms with Crippen LogP contribution in [0.3, 0.4) is 0 Å². The molecule has 0 N–H and O–H groups in total. The number of benzene rings is 1. The molecule has 0 amide bonds. The largest absolute Gasteiger partial charge is 0.373 e. The van der Waals surface area contributed by atoms with Crippen LogP contribution in [0.2, 0.25) is 0 Å². The van der Waals surface area contributed by atoms with Gasteiger partial charge in [-0.2, -0.15) is 0 Å². The van der Waals surface area contributed by atoms with Gasteiger partial charge in [0.25, 0.3) is 0 Å². The number of hydrogen-bond donors (Lipinski definition) is 0. The Morgan fingerprint density at radius 3 is 2.60 bits per heavy atom. The average molecular weight is 206 g/mol. The van der Waals surface area contributed by atoms with Crippen LogP contribution in [-0.4, -0.2) is 19.0 Å². The zero-order valence-corrected chi connectivity index (χ0v) is 9.40. The molecule has 1 aromatic rings. The predicted molar refractivity (Wildman–Crippen MR) is 60.8 cm³/mol. The molecule has 1 unspecified atom stereocenters. The second-order valence-electron chi connectivity index (χ2n) is 4.01. The third kappa shape index (κ3) is 5.33. The molecule has 1 aromatic carbocycles. The number of hydrogen-bond acceptors (Lipinski definition) is 2. The molecule has 0 aromatic heterocycles. The molecule has 0 aliphatic carbocycles. The van der Waals surface area contributed by atoms with E-state index in [-0.39, 0.29) is 12.4 Å². The highest BCUT2D eigenvalue weighted by atomic mass is 16.5. The minimum absolute atomic E-state index is 0.0851. The van der Waals surface area contributed by atoms with Crippen molar-refractivity contribution >= 4 is 5.78 Å². The van der Waals surface area contributed by atoms with Gasteiger partial charge in [0, 0.05) is 0 Å². The van der Waals surface area contributed by atoms with Gasteiger partial charge in [0.05, 0.1) is 6.61 Å². The van der Waals surface area contributed by atoms with Crippen LogP contribution in [-0.2, 0) is 16.0 Å². The maximum Gasteiger partial charge on any atom is 0.155 e. The molecule has 0 aliphatic heterocycles. The maximum absolute atomic E-state index is 10.7. The molecular formula is C13H18O2. The molecule has 1 rings (SSSR count). The summed E-state index contributed by atoms with van der Waals surface area (Å²) in [6, 6.07) is 10.3. The lowest BCUT2D eigenvalue weighted by Crippen LogP contribution is -2.12. The van der Waals surface area contributed by atoms with Gasteiger partial charge in [0.15, 0.2) is 5.78 Å². The SMILES string of the molecule is CC(=O)COCC(C)Cc1ccccc1. The van der Waals surface area contributed by atoms with E-state index in [2.05, 4.69) is 19.1 Å². The molecule has 2 heteroatoms. The monoisotopic (exact) mass is 206 g/mol. The zero-order valence-electron chi connectivity index (χ0n) is 9.40. The fraction of sp³-hybridized carbons (Fsp3) is 0.462. The number of ether oxygens (including phenoxy) is 1. The fourth-order valence-electron chi connectivity index (χ4n) is 1.48. The molecule has 0 fully saturated rings. The van der Waals surface area contributed by atoms with E-state index in [1.54, 1.807) is 6.92 Å². The quantitative estimate of drug-likeness (QED) is 0.714. The minimum atomic E-state index is 0.0851. The summed E-state index contributed by atoms with van der Waals surface area (Å²) >= 11 is 0. The molecule has 0 bridgehead atoms. The Bertz CT molecular complexity index is 293. The van der Waals surface area contributed by atoms with Crippen molar-refractivity contribution in [3.8, 4) is 0 Å². The summed E-state index contributed by atoms with van der Waals surface area (Å²) in [5.74, 6) is 0.536. The van der Waals surface area contributed by atoms with Gasteiger partial charge in [-0.05, 0) is 24.8 Å². The summed E-state index contributed by atoms with van der Waals surface area (Å²) in [6.07, 6.45) is 0.999. The third-order valence-electron chi connectivity index (χ3n) is 2.13. The van der Waals surface area contributed by atoms with Gasteiger partial charge in [0.1, 0.15) is 6.61 Å². The molecule has 0 aliphatic rings. The van der Waals surface area contributed by atoms with Gasteiger partial charge >= 0.3 is 0 Å². The van der Waals surface area contributed by atoms with Crippen molar-refractivity contribution in [3.05, 3.63) is 35.9 Å². The van der Waals surface area contributed by atoms with Gasteiger partial charge in [-0.1, -0.05) is 37.3 Å². The molecule has 15 heavy (non-hydrogen) atoms. The molecule has 0 heterocycles. The van der Waals surface area contributed by atoms with Gasteiger partial charge < -0.3 is 4.74 Å². The van der Waals surface area contributed by atoms with E-state index in [9.17, 15) is 4.79 Å². The lowest BCUT2D eigenvalue weighted by Gasteiger charge is -2.11. The lowest BCUT2D eigenvalue weighted by molar-refractivity contribution is -0.121. The second-order valence-corrected chi connectivity index (χ2v) is 4.01. The van der Waals surface area contributed by atoms with Crippen LogP contribution in [0, 0.1) is 5.92 Å². The molecule has 0 spiro atoms. The van der Waals surface area contributed by atoms with Crippen molar-refractivity contribution in [2.45, 2.75) is 20.3 Å². The predicted octanol–water partition coefficient (Wildman–Crippen LogP) is 2.47.